The van der Waals surface area contributed by atoms with Crippen molar-refractivity contribution in [3.05, 3.63) is 26.8 Å². The minimum atomic E-state index is 0.126. The minimum absolute atomic E-state index is 0.126. The molecule has 0 aliphatic heterocycles. The van der Waals surface area contributed by atoms with Gasteiger partial charge in [-0.15, -0.1) is 0 Å². The highest BCUT2D eigenvalue weighted by Gasteiger charge is 2.21. The number of hydrogen-bond donors (Lipinski definition) is 2. The molecule has 0 saturated carbocycles. The van der Waals surface area contributed by atoms with Crippen LogP contribution in [0.2, 0.25) is 0 Å². The molecule has 2 rings (SSSR count). The Morgan fingerprint density at radius 2 is 2.25 bits per heavy atom. The zero-order chi connectivity index (χ0) is 8.72. The molecule has 1 aromatic rings. The smallest absolute Gasteiger partial charge is 0.120 e. The first-order valence-corrected chi connectivity index (χ1v) is 5.03. The van der Waals surface area contributed by atoms with Crippen LogP contribution in [0.4, 0.5) is 0 Å². The summed E-state index contributed by atoms with van der Waals surface area (Å²) in [6.45, 7) is 0. The first-order chi connectivity index (χ1) is 5.68. The second-order valence-corrected chi connectivity index (χ2v) is 4.38. The number of phenolic OH excluding ortho intramolecular Hbond substituents is 1. The van der Waals surface area contributed by atoms with E-state index in [0.29, 0.717) is 5.75 Å². The molecule has 0 aromatic heterocycles. The van der Waals surface area contributed by atoms with Gasteiger partial charge in [0.15, 0.2) is 0 Å². The standard InChI is InChI=1S/C9H10INO/c10-5-3-7-6(9(12)4-5)1-2-8(7)11/h3-4,8,12H,1-2,11H2. The van der Waals surface area contributed by atoms with Crippen LogP contribution < -0.4 is 5.73 Å². The number of fused-ring (bicyclic) bond motifs is 1. The van der Waals surface area contributed by atoms with Gasteiger partial charge in [-0.25, -0.2) is 0 Å². The Hall–Kier alpha value is -0.290. The van der Waals surface area contributed by atoms with Gasteiger partial charge in [0.1, 0.15) is 5.75 Å². The Bertz CT molecular complexity index is 325. The molecule has 3 heteroatoms. The fraction of sp³-hybridized carbons (Fsp3) is 0.333. The summed E-state index contributed by atoms with van der Waals surface area (Å²) in [4.78, 5) is 0. The van der Waals surface area contributed by atoms with Gasteiger partial charge in [-0.2, -0.15) is 0 Å². The summed E-state index contributed by atoms with van der Waals surface area (Å²) < 4.78 is 1.06. The lowest BCUT2D eigenvalue weighted by Crippen LogP contribution is -2.05. The summed E-state index contributed by atoms with van der Waals surface area (Å²) in [6, 6.07) is 3.98. The van der Waals surface area contributed by atoms with Crippen LogP contribution in [0.25, 0.3) is 0 Å². The third-order valence-corrected chi connectivity index (χ3v) is 2.95. The number of rotatable bonds is 0. The van der Waals surface area contributed by atoms with Gasteiger partial charge in [-0.3, -0.25) is 0 Å². The summed E-state index contributed by atoms with van der Waals surface area (Å²) >= 11 is 2.19. The summed E-state index contributed by atoms with van der Waals surface area (Å²) in [6.07, 6.45) is 1.88. The van der Waals surface area contributed by atoms with E-state index in [1.54, 1.807) is 6.07 Å². The van der Waals surface area contributed by atoms with E-state index in [9.17, 15) is 5.11 Å². The van der Waals surface area contributed by atoms with E-state index >= 15 is 0 Å². The topological polar surface area (TPSA) is 46.2 Å². The molecule has 1 aliphatic rings. The quantitative estimate of drug-likeness (QED) is 0.711. The monoisotopic (exact) mass is 275 g/mol. The van der Waals surface area contributed by atoms with Crippen LogP contribution in [0.1, 0.15) is 23.6 Å². The van der Waals surface area contributed by atoms with Gasteiger partial charge < -0.3 is 10.8 Å². The number of nitrogens with two attached hydrogens (primary N) is 1. The third kappa shape index (κ3) is 1.21. The maximum Gasteiger partial charge on any atom is 0.120 e. The Morgan fingerprint density at radius 1 is 1.50 bits per heavy atom. The maximum atomic E-state index is 9.57. The normalized spacial score (nSPS) is 21.0. The molecular weight excluding hydrogens is 265 g/mol. The number of aromatic hydroxyl groups is 1. The van der Waals surface area contributed by atoms with Gasteiger partial charge >= 0.3 is 0 Å². The molecule has 2 nitrogen and oxygen atoms in total. The lowest BCUT2D eigenvalue weighted by Gasteiger charge is -2.06. The predicted octanol–water partition coefficient (Wildman–Crippen LogP) is 1.94. The van der Waals surface area contributed by atoms with Crippen LogP contribution >= 0.6 is 22.6 Å². The molecule has 0 spiro atoms. The largest absolute Gasteiger partial charge is 0.508 e. The zero-order valence-electron chi connectivity index (χ0n) is 6.55. The van der Waals surface area contributed by atoms with Gasteiger partial charge in [0.05, 0.1) is 0 Å². The van der Waals surface area contributed by atoms with Crippen molar-refractivity contribution in [2.24, 2.45) is 5.73 Å². The van der Waals surface area contributed by atoms with Crippen LogP contribution in [-0.2, 0) is 6.42 Å². The van der Waals surface area contributed by atoms with Crippen molar-refractivity contribution in [2.45, 2.75) is 18.9 Å². The van der Waals surface area contributed by atoms with Crippen LogP contribution in [0.5, 0.6) is 5.75 Å². The van der Waals surface area contributed by atoms with E-state index in [1.807, 2.05) is 0 Å². The van der Waals surface area contributed by atoms with E-state index in [1.165, 1.54) is 0 Å². The van der Waals surface area contributed by atoms with E-state index in [-0.39, 0.29) is 6.04 Å². The Morgan fingerprint density at radius 3 is 3.00 bits per heavy atom. The lowest BCUT2D eigenvalue weighted by molar-refractivity contribution is 0.468. The van der Waals surface area contributed by atoms with Crippen molar-refractivity contribution in [3.8, 4) is 5.75 Å². The fourth-order valence-electron chi connectivity index (χ4n) is 1.70. The second kappa shape index (κ2) is 2.88. The summed E-state index contributed by atoms with van der Waals surface area (Å²) in [5, 5.41) is 9.57. The van der Waals surface area contributed by atoms with Gasteiger partial charge in [0, 0.05) is 9.61 Å². The SMILES string of the molecule is NC1CCc2c(O)cc(I)cc21. The van der Waals surface area contributed by atoms with E-state index in [4.69, 9.17) is 5.73 Å². The van der Waals surface area contributed by atoms with E-state index < -0.39 is 0 Å². The van der Waals surface area contributed by atoms with Crippen LogP contribution in [-0.4, -0.2) is 5.11 Å². The molecule has 0 amide bonds. The first kappa shape index (κ1) is 8.31. The van der Waals surface area contributed by atoms with Crippen molar-refractivity contribution in [1.29, 1.82) is 0 Å². The zero-order valence-corrected chi connectivity index (χ0v) is 8.71. The molecule has 0 radical (unpaired) electrons. The van der Waals surface area contributed by atoms with Crippen molar-refractivity contribution in [2.75, 3.05) is 0 Å². The summed E-state index contributed by atoms with van der Waals surface area (Å²) in [5.74, 6) is 0.407. The van der Waals surface area contributed by atoms with E-state index in [2.05, 4.69) is 28.7 Å². The molecular formula is C9H10INO. The molecule has 3 N–H and O–H groups in total. The van der Waals surface area contributed by atoms with Crippen molar-refractivity contribution in [3.63, 3.8) is 0 Å². The van der Waals surface area contributed by atoms with Crippen molar-refractivity contribution >= 4 is 22.6 Å². The average molecular weight is 275 g/mol. The van der Waals surface area contributed by atoms with Gasteiger partial charge in [0.2, 0.25) is 0 Å². The molecule has 0 heterocycles. The molecule has 0 saturated heterocycles. The van der Waals surface area contributed by atoms with Gasteiger partial charge in [0.25, 0.3) is 0 Å². The average Bonchev–Trinajstić information content (AvgIpc) is 2.33. The highest BCUT2D eigenvalue weighted by Crippen LogP contribution is 2.36. The predicted molar refractivity (Wildman–Crippen MR) is 56.1 cm³/mol. The molecule has 0 bridgehead atoms. The Labute approximate surface area is 84.9 Å². The fourth-order valence-corrected chi connectivity index (χ4v) is 2.33. The first-order valence-electron chi connectivity index (χ1n) is 3.95. The Balaban J connectivity index is 2.60. The number of benzene rings is 1. The van der Waals surface area contributed by atoms with Crippen molar-refractivity contribution < 1.29 is 5.11 Å². The van der Waals surface area contributed by atoms with E-state index in [0.717, 1.165) is 27.5 Å². The molecule has 1 unspecified atom stereocenters. The summed E-state index contributed by atoms with van der Waals surface area (Å²) in [7, 11) is 0. The van der Waals surface area contributed by atoms with Crippen LogP contribution in [0.3, 0.4) is 0 Å². The number of hydrogen-bond acceptors (Lipinski definition) is 2. The highest BCUT2D eigenvalue weighted by atomic mass is 127. The summed E-state index contributed by atoms with van der Waals surface area (Å²) in [5.41, 5.74) is 8.04. The second-order valence-electron chi connectivity index (χ2n) is 3.14. The third-order valence-electron chi connectivity index (χ3n) is 2.33. The molecule has 64 valence electrons. The highest BCUT2D eigenvalue weighted by molar-refractivity contribution is 14.1. The minimum Gasteiger partial charge on any atom is -0.508 e. The lowest BCUT2D eigenvalue weighted by atomic mass is 10.1. The van der Waals surface area contributed by atoms with Gasteiger partial charge in [-0.1, -0.05) is 0 Å². The van der Waals surface area contributed by atoms with Crippen LogP contribution in [0.15, 0.2) is 12.1 Å². The number of phenols is 1. The number of halogens is 1. The molecule has 1 atom stereocenters. The molecule has 0 fully saturated rings. The van der Waals surface area contributed by atoms with Crippen molar-refractivity contribution in [1.82, 2.24) is 0 Å². The molecule has 12 heavy (non-hydrogen) atoms. The molecule has 1 aromatic carbocycles. The Kier molecular flexibility index (Phi) is 2.00. The molecule has 1 aliphatic carbocycles. The van der Waals surface area contributed by atoms with Crippen LogP contribution in [0, 0.1) is 3.57 Å². The van der Waals surface area contributed by atoms with Gasteiger partial charge in [-0.05, 0) is 58.7 Å². The maximum absolute atomic E-state index is 9.57.